The predicted octanol–water partition coefficient (Wildman–Crippen LogP) is 1.40. The first kappa shape index (κ1) is 18.4. The Morgan fingerprint density at radius 3 is 2.35 bits per heavy atom. The highest BCUT2D eigenvalue weighted by atomic mass is 16.5. The third-order valence-electron chi connectivity index (χ3n) is 3.04. The number of nitrogens with one attached hydrogen (secondary N) is 1. The summed E-state index contributed by atoms with van der Waals surface area (Å²) in [6, 6.07) is 4.52. The quantitative estimate of drug-likeness (QED) is 0.586. The third kappa shape index (κ3) is 6.34. The zero-order valence-electron chi connectivity index (χ0n) is 13.6. The Hall–Kier alpha value is -2.63. The number of benzene rings is 1. The average Bonchev–Trinajstić information content (AvgIpc) is 2.45. The first-order chi connectivity index (χ1) is 10.8. The Labute approximate surface area is 135 Å². The molecule has 0 saturated carbocycles. The third-order valence-corrected chi connectivity index (χ3v) is 3.04. The van der Waals surface area contributed by atoms with E-state index in [1.54, 1.807) is 19.1 Å². The Kier molecular flexibility index (Phi) is 6.99. The van der Waals surface area contributed by atoms with Gasteiger partial charge in [0, 0.05) is 11.6 Å². The van der Waals surface area contributed by atoms with Crippen molar-refractivity contribution in [1.29, 1.82) is 0 Å². The number of rotatable bonds is 7. The number of ether oxygens (including phenoxy) is 1. The first-order valence-electron chi connectivity index (χ1n) is 7.35. The minimum Gasteiger partial charge on any atom is -0.463 e. The van der Waals surface area contributed by atoms with E-state index in [-0.39, 0.29) is 18.9 Å². The van der Waals surface area contributed by atoms with Gasteiger partial charge in [0.1, 0.15) is 6.04 Å². The lowest BCUT2D eigenvalue weighted by Crippen LogP contribution is -2.44. The average molecular weight is 318 g/mol. The van der Waals surface area contributed by atoms with Crippen LogP contribution >= 0.6 is 0 Å². The molecule has 0 aliphatic rings. The first-order valence-corrected chi connectivity index (χ1v) is 7.35. The molecule has 0 heterocycles. The maximum atomic E-state index is 12.2. The molecule has 6 nitrogen and oxygen atoms in total. The topological polar surface area (TPSA) is 98.5 Å². The molecule has 124 valence electrons. The van der Waals surface area contributed by atoms with Gasteiger partial charge in [0.15, 0.2) is 0 Å². The zero-order chi connectivity index (χ0) is 17.4. The second-order valence-corrected chi connectivity index (χ2v) is 5.19. The summed E-state index contributed by atoms with van der Waals surface area (Å²) in [5.74, 6) is -1.56. The van der Waals surface area contributed by atoms with Crippen molar-refractivity contribution >= 4 is 17.8 Å². The van der Waals surface area contributed by atoms with Crippen molar-refractivity contribution in [2.45, 2.75) is 33.2 Å². The molecule has 0 unspecified atom stereocenters. The molecule has 2 amide bonds. The SMILES string of the molecule is CCOC(=O)/C=C/C[C@@H](NC(=O)c1cc(C)cc(C)c1)C(N)=O. The van der Waals surface area contributed by atoms with Crippen LogP contribution < -0.4 is 11.1 Å². The molecule has 0 aliphatic heterocycles. The number of carbonyl (C=O) groups is 3. The predicted molar refractivity (Wildman–Crippen MR) is 86.8 cm³/mol. The number of aryl methyl sites for hydroxylation is 2. The Morgan fingerprint density at radius 1 is 1.22 bits per heavy atom. The van der Waals surface area contributed by atoms with Crippen LogP contribution in [0.25, 0.3) is 0 Å². The van der Waals surface area contributed by atoms with Crippen LogP contribution in [0.3, 0.4) is 0 Å². The lowest BCUT2D eigenvalue weighted by Gasteiger charge is -2.14. The lowest BCUT2D eigenvalue weighted by molar-refractivity contribution is -0.137. The monoisotopic (exact) mass is 318 g/mol. The summed E-state index contributed by atoms with van der Waals surface area (Å²) >= 11 is 0. The van der Waals surface area contributed by atoms with Crippen LogP contribution in [0.1, 0.15) is 34.8 Å². The molecule has 0 bridgehead atoms. The van der Waals surface area contributed by atoms with Crippen LogP contribution in [0.4, 0.5) is 0 Å². The Balaban J connectivity index is 2.73. The van der Waals surface area contributed by atoms with E-state index in [4.69, 9.17) is 10.5 Å². The molecule has 23 heavy (non-hydrogen) atoms. The maximum absolute atomic E-state index is 12.2. The fourth-order valence-electron chi connectivity index (χ4n) is 2.08. The number of hydrogen-bond acceptors (Lipinski definition) is 4. The van der Waals surface area contributed by atoms with Gasteiger partial charge in [0.05, 0.1) is 6.61 Å². The van der Waals surface area contributed by atoms with Crippen molar-refractivity contribution < 1.29 is 19.1 Å². The largest absolute Gasteiger partial charge is 0.463 e. The standard InChI is InChI=1S/C17H22N2O4/c1-4-23-15(20)7-5-6-14(16(18)21)19-17(22)13-9-11(2)8-12(3)10-13/h5,7-10,14H,4,6H2,1-3H3,(H2,18,21)(H,19,22)/b7-5+/t14-/m1/s1. The van der Waals surface area contributed by atoms with Gasteiger partial charge in [-0.3, -0.25) is 9.59 Å². The Morgan fingerprint density at radius 2 is 1.83 bits per heavy atom. The van der Waals surface area contributed by atoms with Crippen LogP contribution in [0.15, 0.2) is 30.4 Å². The zero-order valence-corrected chi connectivity index (χ0v) is 13.6. The van der Waals surface area contributed by atoms with E-state index in [1.165, 1.54) is 12.2 Å². The minimum absolute atomic E-state index is 0.116. The number of hydrogen-bond donors (Lipinski definition) is 2. The van der Waals surface area contributed by atoms with E-state index in [9.17, 15) is 14.4 Å². The van der Waals surface area contributed by atoms with E-state index < -0.39 is 17.9 Å². The molecule has 1 rings (SSSR count). The molecule has 0 saturated heterocycles. The normalized spacial score (nSPS) is 12.0. The number of primary amides is 1. The molecule has 1 aromatic carbocycles. The van der Waals surface area contributed by atoms with Crippen molar-refractivity contribution in [2.75, 3.05) is 6.61 Å². The van der Waals surface area contributed by atoms with Gasteiger partial charge in [-0.15, -0.1) is 0 Å². The van der Waals surface area contributed by atoms with Gasteiger partial charge in [-0.05, 0) is 39.3 Å². The van der Waals surface area contributed by atoms with Gasteiger partial charge in [0.2, 0.25) is 5.91 Å². The number of amides is 2. The molecular weight excluding hydrogens is 296 g/mol. The molecule has 0 fully saturated rings. The van der Waals surface area contributed by atoms with Gasteiger partial charge in [-0.1, -0.05) is 23.3 Å². The fourth-order valence-corrected chi connectivity index (χ4v) is 2.08. The summed E-state index contributed by atoms with van der Waals surface area (Å²) in [5, 5.41) is 2.58. The highest BCUT2D eigenvalue weighted by molar-refractivity contribution is 5.97. The lowest BCUT2D eigenvalue weighted by atomic mass is 10.1. The molecular formula is C17H22N2O4. The van der Waals surface area contributed by atoms with Crippen LogP contribution in [-0.2, 0) is 14.3 Å². The van der Waals surface area contributed by atoms with Crippen molar-refractivity contribution in [3.05, 3.63) is 47.0 Å². The van der Waals surface area contributed by atoms with E-state index in [2.05, 4.69) is 5.32 Å². The summed E-state index contributed by atoms with van der Waals surface area (Å²) in [6.45, 7) is 5.74. The van der Waals surface area contributed by atoms with Gasteiger partial charge < -0.3 is 15.8 Å². The van der Waals surface area contributed by atoms with E-state index in [0.717, 1.165) is 11.1 Å². The molecule has 6 heteroatoms. The molecule has 0 aliphatic carbocycles. The number of carbonyl (C=O) groups excluding carboxylic acids is 3. The summed E-state index contributed by atoms with van der Waals surface area (Å²) in [4.78, 5) is 34.9. The Bertz CT molecular complexity index is 603. The van der Waals surface area contributed by atoms with Gasteiger partial charge in [0.25, 0.3) is 5.91 Å². The van der Waals surface area contributed by atoms with Gasteiger partial charge >= 0.3 is 5.97 Å². The van der Waals surface area contributed by atoms with Gasteiger partial charge in [-0.25, -0.2) is 4.79 Å². The fraction of sp³-hybridized carbons (Fsp3) is 0.353. The number of nitrogens with two attached hydrogens (primary N) is 1. The summed E-state index contributed by atoms with van der Waals surface area (Å²) in [6.07, 6.45) is 2.78. The second-order valence-electron chi connectivity index (χ2n) is 5.19. The van der Waals surface area contributed by atoms with Crippen LogP contribution in [0, 0.1) is 13.8 Å². The minimum atomic E-state index is -0.894. The van der Waals surface area contributed by atoms with Crippen molar-refractivity contribution in [3.63, 3.8) is 0 Å². The highest BCUT2D eigenvalue weighted by Crippen LogP contribution is 2.09. The molecule has 0 radical (unpaired) electrons. The van der Waals surface area contributed by atoms with Crippen LogP contribution in [0.2, 0.25) is 0 Å². The van der Waals surface area contributed by atoms with Crippen molar-refractivity contribution in [3.8, 4) is 0 Å². The summed E-state index contributed by atoms with van der Waals surface area (Å²) in [7, 11) is 0. The molecule has 1 atom stereocenters. The molecule has 0 spiro atoms. The van der Waals surface area contributed by atoms with Crippen molar-refractivity contribution in [2.24, 2.45) is 5.73 Å². The van der Waals surface area contributed by atoms with E-state index in [1.807, 2.05) is 19.9 Å². The maximum Gasteiger partial charge on any atom is 0.330 e. The second kappa shape index (κ2) is 8.73. The van der Waals surface area contributed by atoms with Gasteiger partial charge in [-0.2, -0.15) is 0 Å². The molecule has 1 aromatic rings. The van der Waals surface area contributed by atoms with E-state index in [0.29, 0.717) is 5.56 Å². The van der Waals surface area contributed by atoms with Crippen molar-refractivity contribution in [1.82, 2.24) is 5.32 Å². The van der Waals surface area contributed by atoms with E-state index >= 15 is 0 Å². The summed E-state index contributed by atoms with van der Waals surface area (Å²) in [5.41, 5.74) is 7.66. The van der Waals surface area contributed by atoms with Crippen LogP contribution in [0.5, 0.6) is 0 Å². The molecule has 0 aromatic heterocycles. The smallest absolute Gasteiger partial charge is 0.330 e. The highest BCUT2D eigenvalue weighted by Gasteiger charge is 2.18. The number of esters is 1. The molecule has 3 N–H and O–H groups in total. The van der Waals surface area contributed by atoms with Crippen LogP contribution in [-0.4, -0.2) is 30.4 Å². The summed E-state index contributed by atoms with van der Waals surface area (Å²) < 4.78 is 4.73.